The standard InChI is InChI=1S/C22H25FN2O3/c23-19-8-6-17(7-9-19)18-12-13-25(15-18)22(28)24-20(10-11-21(26)27)14-16-4-2-1-3-5-16/h1-9,18,20H,10-15H2,(H,24,28)(H,26,27). The summed E-state index contributed by atoms with van der Waals surface area (Å²) in [5, 5.41) is 12.0. The van der Waals surface area contributed by atoms with E-state index in [-0.39, 0.29) is 30.2 Å². The van der Waals surface area contributed by atoms with E-state index in [1.54, 1.807) is 17.0 Å². The summed E-state index contributed by atoms with van der Waals surface area (Å²) in [5.41, 5.74) is 2.09. The van der Waals surface area contributed by atoms with Crippen LogP contribution in [0.25, 0.3) is 0 Å². The van der Waals surface area contributed by atoms with Gasteiger partial charge in [-0.15, -0.1) is 0 Å². The predicted octanol–water partition coefficient (Wildman–Crippen LogP) is 3.80. The first-order valence-electron chi connectivity index (χ1n) is 9.58. The first kappa shape index (κ1) is 19.9. The molecule has 1 heterocycles. The minimum Gasteiger partial charge on any atom is -0.481 e. The maximum Gasteiger partial charge on any atom is 0.317 e. The molecule has 148 valence electrons. The fourth-order valence-electron chi connectivity index (χ4n) is 3.64. The number of carboxylic acids is 1. The second kappa shape index (κ2) is 9.35. The van der Waals surface area contributed by atoms with E-state index >= 15 is 0 Å². The van der Waals surface area contributed by atoms with Crippen LogP contribution in [-0.2, 0) is 11.2 Å². The van der Waals surface area contributed by atoms with Crippen LogP contribution in [0.5, 0.6) is 0 Å². The van der Waals surface area contributed by atoms with E-state index in [9.17, 15) is 14.0 Å². The summed E-state index contributed by atoms with van der Waals surface area (Å²) in [4.78, 5) is 25.5. The van der Waals surface area contributed by atoms with E-state index in [1.807, 2.05) is 30.3 Å². The number of rotatable bonds is 7. The molecule has 0 aliphatic carbocycles. The van der Waals surface area contributed by atoms with Gasteiger partial charge in [0.2, 0.25) is 0 Å². The summed E-state index contributed by atoms with van der Waals surface area (Å²) < 4.78 is 13.1. The second-order valence-corrected chi connectivity index (χ2v) is 7.25. The van der Waals surface area contributed by atoms with Crippen molar-refractivity contribution in [1.29, 1.82) is 0 Å². The molecule has 1 saturated heterocycles. The third-order valence-corrected chi connectivity index (χ3v) is 5.18. The highest BCUT2D eigenvalue weighted by Crippen LogP contribution is 2.27. The Morgan fingerprint density at radius 1 is 1.14 bits per heavy atom. The minimum atomic E-state index is -0.871. The topological polar surface area (TPSA) is 69.6 Å². The molecule has 5 nitrogen and oxygen atoms in total. The minimum absolute atomic E-state index is 0.00991. The van der Waals surface area contributed by atoms with E-state index in [1.165, 1.54) is 12.1 Å². The summed E-state index contributed by atoms with van der Waals surface area (Å²) in [6.07, 6.45) is 1.81. The molecule has 0 saturated carbocycles. The van der Waals surface area contributed by atoms with E-state index in [0.29, 0.717) is 25.9 Å². The van der Waals surface area contributed by atoms with Crippen LogP contribution in [0.3, 0.4) is 0 Å². The maximum absolute atomic E-state index is 13.1. The number of carbonyl (C=O) groups excluding carboxylic acids is 1. The van der Waals surface area contributed by atoms with Gasteiger partial charge in [-0.1, -0.05) is 42.5 Å². The molecule has 0 aromatic heterocycles. The predicted molar refractivity (Wildman–Crippen MR) is 105 cm³/mol. The number of benzene rings is 2. The van der Waals surface area contributed by atoms with Crippen molar-refractivity contribution in [1.82, 2.24) is 10.2 Å². The Bertz CT molecular complexity index is 795. The van der Waals surface area contributed by atoms with Gasteiger partial charge < -0.3 is 15.3 Å². The molecule has 3 rings (SSSR count). The highest BCUT2D eigenvalue weighted by Gasteiger charge is 2.28. The second-order valence-electron chi connectivity index (χ2n) is 7.25. The zero-order chi connectivity index (χ0) is 19.9. The lowest BCUT2D eigenvalue weighted by atomic mass is 9.99. The van der Waals surface area contributed by atoms with Gasteiger partial charge in [-0.05, 0) is 42.5 Å². The highest BCUT2D eigenvalue weighted by molar-refractivity contribution is 5.75. The van der Waals surface area contributed by atoms with Gasteiger partial charge in [-0.2, -0.15) is 0 Å². The lowest BCUT2D eigenvalue weighted by Gasteiger charge is -2.23. The Hall–Kier alpha value is -2.89. The number of urea groups is 1. The van der Waals surface area contributed by atoms with E-state index in [4.69, 9.17) is 5.11 Å². The number of nitrogens with one attached hydrogen (secondary N) is 1. The molecular formula is C22H25FN2O3. The number of nitrogens with zero attached hydrogens (tertiary/aromatic N) is 1. The zero-order valence-corrected chi connectivity index (χ0v) is 15.7. The molecule has 6 heteroatoms. The number of carbonyl (C=O) groups is 2. The average Bonchev–Trinajstić information content (AvgIpc) is 3.18. The van der Waals surface area contributed by atoms with Gasteiger partial charge in [-0.3, -0.25) is 4.79 Å². The summed E-state index contributed by atoms with van der Waals surface area (Å²) >= 11 is 0. The molecule has 28 heavy (non-hydrogen) atoms. The van der Waals surface area contributed by atoms with Crippen LogP contribution in [-0.4, -0.2) is 41.1 Å². The van der Waals surface area contributed by atoms with Crippen molar-refractivity contribution in [2.45, 2.75) is 37.6 Å². The molecule has 2 aromatic carbocycles. The van der Waals surface area contributed by atoms with E-state index < -0.39 is 5.97 Å². The van der Waals surface area contributed by atoms with Crippen LogP contribution >= 0.6 is 0 Å². The largest absolute Gasteiger partial charge is 0.481 e. The SMILES string of the molecule is O=C(O)CCC(Cc1ccccc1)NC(=O)N1CCC(c2ccc(F)cc2)C1. The van der Waals surface area contributed by atoms with Gasteiger partial charge in [0.1, 0.15) is 5.82 Å². The van der Waals surface area contributed by atoms with E-state index in [2.05, 4.69) is 5.32 Å². The maximum atomic E-state index is 13.1. The third-order valence-electron chi connectivity index (χ3n) is 5.18. The first-order valence-corrected chi connectivity index (χ1v) is 9.58. The highest BCUT2D eigenvalue weighted by atomic mass is 19.1. The monoisotopic (exact) mass is 384 g/mol. The van der Waals surface area contributed by atoms with Crippen molar-refractivity contribution >= 4 is 12.0 Å². The molecule has 2 N–H and O–H groups in total. The van der Waals surface area contributed by atoms with Crippen LogP contribution in [0.1, 0.15) is 36.3 Å². The molecular weight excluding hydrogens is 359 g/mol. The smallest absolute Gasteiger partial charge is 0.317 e. The molecule has 1 aliphatic heterocycles. The Morgan fingerprint density at radius 3 is 2.54 bits per heavy atom. The Labute approximate surface area is 164 Å². The van der Waals surface area contributed by atoms with Gasteiger partial charge in [-0.25, -0.2) is 9.18 Å². The number of hydrogen-bond acceptors (Lipinski definition) is 2. The van der Waals surface area contributed by atoms with Crippen molar-refractivity contribution < 1.29 is 19.1 Å². The number of likely N-dealkylation sites (tertiary alicyclic amines) is 1. The molecule has 1 aliphatic rings. The normalized spacial score (nSPS) is 17.3. The van der Waals surface area contributed by atoms with Gasteiger partial charge in [0.25, 0.3) is 0 Å². The summed E-state index contributed by atoms with van der Waals surface area (Å²) in [7, 11) is 0. The third kappa shape index (κ3) is 5.55. The number of hydrogen-bond donors (Lipinski definition) is 2. The molecule has 0 bridgehead atoms. The Morgan fingerprint density at radius 2 is 1.86 bits per heavy atom. The van der Waals surface area contributed by atoms with Gasteiger partial charge in [0.15, 0.2) is 0 Å². The Kier molecular flexibility index (Phi) is 6.63. The first-order chi connectivity index (χ1) is 13.5. The van der Waals surface area contributed by atoms with E-state index in [0.717, 1.165) is 17.5 Å². The quantitative estimate of drug-likeness (QED) is 0.763. The lowest BCUT2D eigenvalue weighted by molar-refractivity contribution is -0.137. The van der Waals surface area contributed by atoms with Crippen LogP contribution in [0.15, 0.2) is 54.6 Å². The lowest BCUT2D eigenvalue weighted by Crippen LogP contribution is -2.44. The molecule has 2 unspecified atom stereocenters. The molecule has 2 aromatic rings. The van der Waals surface area contributed by atoms with Gasteiger partial charge in [0.05, 0.1) is 0 Å². The molecule has 2 amide bonds. The van der Waals surface area contributed by atoms with Gasteiger partial charge >= 0.3 is 12.0 Å². The molecule has 2 atom stereocenters. The van der Waals surface area contributed by atoms with Crippen molar-refractivity contribution in [2.75, 3.05) is 13.1 Å². The van der Waals surface area contributed by atoms with Crippen LogP contribution < -0.4 is 5.32 Å². The zero-order valence-electron chi connectivity index (χ0n) is 15.7. The molecule has 0 spiro atoms. The van der Waals surface area contributed by atoms with Crippen LogP contribution in [0, 0.1) is 5.82 Å². The number of aliphatic carboxylic acids is 1. The van der Waals surface area contributed by atoms with Crippen LogP contribution in [0.4, 0.5) is 9.18 Å². The van der Waals surface area contributed by atoms with Crippen molar-refractivity contribution in [2.24, 2.45) is 0 Å². The number of carboxylic acid groups (broad SMARTS) is 1. The van der Waals surface area contributed by atoms with Crippen molar-refractivity contribution in [3.8, 4) is 0 Å². The number of halogens is 1. The Balaban J connectivity index is 1.59. The molecule has 1 fully saturated rings. The van der Waals surface area contributed by atoms with Gasteiger partial charge in [0, 0.05) is 31.5 Å². The van der Waals surface area contributed by atoms with Crippen molar-refractivity contribution in [3.05, 3.63) is 71.5 Å². The summed E-state index contributed by atoms with van der Waals surface area (Å²) in [6.45, 7) is 1.21. The van der Waals surface area contributed by atoms with Crippen molar-refractivity contribution in [3.63, 3.8) is 0 Å². The summed E-state index contributed by atoms with van der Waals surface area (Å²) in [5.74, 6) is -0.943. The average molecular weight is 384 g/mol. The molecule has 0 radical (unpaired) electrons. The fraction of sp³-hybridized carbons (Fsp3) is 0.364. The number of amides is 2. The summed E-state index contributed by atoms with van der Waals surface area (Å²) in [6, 6.07) is 15.7. The van der Waals surface area contributed by atoms with Crippen LogP contribution in [0.2, 0.25) is 0 Å². The fourth-order valence-corrected chi connectivity index (χ4v) is 3.64.